The maximum atomic E-state index is 13.9. The van der Waals surface area contributed by atoms with Gasteiger partial charge in [-0.15, -0.1) is 0 Å². The molecule has 0 aliphatic carbocycles. The smallest absolute Gasteiger partial charge is 0.132 e. The summed E-state index contributed by atoms with van der Waals surface area (Å²) >= 11 is 0. The summed E-state index contributed by atoms with van der Waals surface area (Å²) in [5, 5.41) is 0. The van der Waals surface area contributed by atoms with Crippen LogP contribution in [-0.4, -0.2) is 30.1 Å². The van der Waals surface area contributed by atoms with E-state index in [9.17, 15) is 4.39 Å². The third-order valence-corrected chi connectivity index (χ3v) is 3.88. The Morgan fingerprint density at radius 3 is 2.67 bits per heavy atom. The molecule has 0 amide bonds. The molecule has 3 rings (SSSR count). The molecule has 1 aromatic heterocycles. The van der Waals surface area contributed by atoms with Crippen LogP contribution in [0.15, 0.2) is 36.5 Å². The van der Waals surface area contributed by atoms with Crippen molar-refractivity contribution in [1.82, 2.24) is 9.88 Å². The first-order valence-electron chi connectivity index (χ1n) is 7.27. The minimum atomic E-state index is -0.282. The van der Waals surface area contributed by atoms with Crippen molar-refractivity contribution in [2.45, 2.75) is 19.4 Å². The molecule has 0 spiro atoms. The number of rotatable bonds is 4. The predicted octanol–water partition coefficient (Wildman–Crippen LogP) is 3.49. The van der Waals surface area contributed by atoms with Crippen LogP contribution in [0, 0.1) is 5.82 Å². The van der Waals surface area contributed by atoms with Gasteiger partial charge in [-0.05, 0) is 55.8 Å². The van der Waals surface area contributed by atoms with Gasteiger partial charge in [0.2, 0.25) is 0 Å². The number of ether oxygens (including phenoxy) is 1. The molecule has 0 N–H and O–H groups in total. The molecule has 110 valence electrons. The van der Waals surface area contributed by atoms with Crippen molar-refractivity contribution in [2.24, 2.45) is 0 Å². The third kappa shape index (κ3) is 3.22. The van der Waals surface area contributed by atoms with E-state index in [4.69, 9.17) is 4.74 Å². The van der Waals surface area contributed by atoms with Crippen molar-refractivity contribution in [3.8, 4) is 17.0 Å². The zero-order chi connectivity index (χ0) is 14.7. The van der Waals surface area contributed by atoms with Gasteiger partial charge >= 0.3 is 0 Å². The van der Waals surface area contributed by atoms with Gasteiger partial charge in [0.25, 0.3) is 0 Å². The van der Waals surface area contributed by atoms with E-state index in [2.05, 4.69) is 9.88 Å². The summed E-state index contributed by atoms with van der Waals surface area (Å²) in [5.41, 5.74) is 2.28. The molecule has 1 aromatic carbocycles. The van der Waals surface area contributed by atoms with Gasteiger partial charge in [0.15, 0.2) is 0 Å². The summed E-state index contributed by atoms with van der Waals surface area (Å²) in [6, 6.07) is 8.61. The molecule has 0 saturated carbocycles. The maximum absolute atomic E-state index is 13.9. The fourth-order valence-corrected chi connectivity index (χ4v) is 2.70. The van der Waals surface area contributed by atoms with Crippen LogP contribution in [0.5, 0.6) is 5.75 Å². The molecule has 1 saturated heterocycles. The first-order chi connectivity index (χ1) is 10.3. The van der Waals surface area contributed by atoms with Gasteiger partial charge in [0, 0.05) is 18.3 Å². The van der Waals surface area contributed by atoms with Gasteiger partial charge in [0.05, 0.1) is 12.8 Å². The van der Waals surface area contributed by atoms with Crippen LogP contribution in [0.3, 0.4) is 0 Å². The van der Waals surface area contributed by atoms with Crippen molar-refractivity contribution in [3.63, 3.8) is 0 Å². The van der Waals surface area contributed by atoms with Gasteiger partial charge < -0.3 is 4.74 Å². The lowest BCUT2D eigenvalue weighted by molar-refractivity contribution is 0.331. The minimum Gasteiger partial charge on any atom is -0.497 e. The van der Waals surface area contributed by atoms with Gasteiger partial charge in [-0.1, -0.05) is 6.07 Å². The SMILES string of the molecule is COc1ccc(F)c(-c2ccc(CN3CCCC3)cn2)c1. The number of pyridine rings is 1. The van der Waals surface area contributed by atoms with Gasteiger partial charge in [0.1, 0.15) is 11.6 Å². The van der Waals surface area contributed by atoms with E-state index >= 15 is 0 Å². The van der Waals surface area contributed by atoms with Crippen molar-refractivity contribution in [1.29, 1.82) is 0 Å². The Morgan fingerprint density at radius 2 is 2.00 bits per heavy atom. The Kier molecular flexibility index (Phi) is 4.15. The highest BCUT2D eigenvalue weighted by Crippen LogP contribution is 2.26. The highest BCUT2D eigenvalue weighted by molar-refractivity contribution is 5.62. The van der Waals surface area contributed by atoms with Gasteiger partial charge in [-0.25, -0.2) is 4.39 Å². The van der Waals surface area contributed by atoms with Crippen molar-refractivity contribution in [2.75, 3.05) is 20.2 Å². The zero-order valence-corrected chi connectivity index (χ0v) is 12.2. The van der Waals surface area contributed by atoms with Crippen LogP contribution in [0.1, 0.15) is 18.4 Å². The number of benzene rings is 1. The number of hydrogen-bond acceptors (Lipinski definition) is 3. The summed E-state index contributed by atoms with van der Waals surface area (Å²) in [6.45, 7) is 3.24. The lowest BCUT2D eigenvalue weighted by Crippen LogP contribution is -2.18. The standard InChI is InChI=1S/C17H19FN2O/c1-21-14-5-6-16(18)15(10-14)17-7-4-13(11-19-17)12-20-8-2-3-9-20/h4-7,10-11H,2-3,8-9,12H2,1H3. The Hall–Kier alpha value is -1.94. The third-order valence-electron chi connectivity index (χ3n) is 3.88. The molecule has 0 radical (unpaired) electrons. The molecule has 2 aromatic rings. The van der Waals surface area contributed by atoms with Crippen LogP contribution in [0.25, 0.3) is 11.3 Å². The second-order valence-corrected chi connectivity index (χ2v) is 5.38. The molecular formula is C17H19FN2O. The molecule has 0 atom stereocenters. The van der Waals surface area contributed by atoms with Crippen LogP contribution in [0.4, 0.5) is 4.39 Å². The van der Waals surface area contributed by atoms with E-state index in [0.29, 0.717) is 17.0 Å². The molecule has 0 unspecified atom stereocenters. The van der Waals surface area contributed by atoms with E-state index in [1.165, 1.54) is 24.5 Å². The van der Waals surface area contributed by atoms with Crippen LogP contribution < -0.4 is 4.74 Å². The first-order valence-corrected chi connectivity index (χ1v) is 7.27. The number of nitrogens with zero attached hydrogens (tertiary/aromatic N) is 2. The van der Waals surface area contributed by atoms with Crippen LogP contribution in [-0.2, 0) is 6.54 Å². The fraction of sp³-hybridized carbons (Fsp3) is 0.353. The highest BCUT2D eigenvalue weighted by Gasteiger charge is 2.12. The van der Waals surface area contributed by atoms with Crippen molar-refractivity contribution >= 4 is 0 Å². The van der Waals surface area contributed by atoms with Gasteiger partial charge in [-0.3, -0.25) is 9.88 Å². The van der Waals surface area contributed by atoms with E-state index in [1.807, 2.05) is 18.3 Å². The second-order valence-electron chi connectivity index (χ2n) is 5.38. The monoisotopic (exact) mass is 286 g/mol. The highest BCUT2D eigenvalue weighted by atomic mass is 19.1. The fourth-order valence-electron chi connectivity index (χ4n) is 2.70. The molecule has 0 bridgehead atoms. The summed E-state index contributed by atoms with van der Waals surface area (Å²) in [6.07, 6.45) is 4.40. The molecule has 2 heterocycles. The maximum Gasteiger partial charge on any atom is 0.132 e. The van der Waals surface area contributed by atoms with Crippen LogP contribution in [0.2, 0.25) is 0 Å². The van der Waals surface area contributed by atoms with Crippen molar-refractivity contribution < 1.29 is 9.13 Å². The molecule has 1 aliphatic rings. The lowest BCUT2D eigenvalue weighted by Gasteiger charge is -2.14. The Balaban J connectivity index is 1.80. The average Bonchev–Trinajstić information content (AvgIpc) is 3.02. The van der Waals surface area contributed by atoms with Crippen molar-refractivity contribution in [3.05, 3.63) is 47.9 Å². The van der Waals surface area contributed by atoms with Crippen LogP contribution >= 0.6 is 0 Å². The number of hydrogen-bond donors (Lipinski definition) is 0. The Morgan fingerprint density at radius 1 is 1.19 bits per heavy atom. The van der Waals surface area contributed by atoms with E-state index in [0.717, 1.165) is 19.6 Å². The Bertz CT molecular complexity index is 607. The first kappa shape index (κ1) is 14.0. The molecule has 4 heteroatoms. The normalized spacial score (nSPS) is 15.3. The number of halogens is 1. The number of methoxy groups -OCH3 is 1. The average molecular weight is 286 g/mol. The topological polar surface area (TPSA) is 25.4 Å². The number of likely N-dealkylation sites (tertiary alicyclic amines) is 1. The molecule has 1 fully saturated rings. The zero-order valence-electron chi connectivity index (χ0n) is 12.2. The minimum absolute atomic E-state index is 0.282. The molecular weight excluding hydrogens is 267 g/mol. The summed E-state index contributed by atoms with van der Waals surface area (Å²) < 4.78 is 19.1. The quantitative estimate of drug-likeness (QED) is 0.860. The summed E-state index contributed by atoms with van der Waals surface area (Å²) in [4.78, 5) is 6.82. The van der Waals surface area contributed by atoms with E-state index in [-0.39, 0.29) is 5.82 Å². The lowest BCUT2D eigenvalue weighted by atomic mass is 10.1. The largest absolute Gasteiger partial charge is 0.497 e. The van der Waals surface area contributed by atoms with E-state index < -0.39 is 0 Å². The van der Waals surface area contributed by atoms with Gasteiger partial charge in [-0.2, -0.15) is 0 Å². The summed E-state index contributed by atoms with van der Waals surface area (Å²) in [7, 11) is 1.57. The van der Waals surface area contributed by atoms with E-state index in [1.54, 1.807) is 19.2 Å². The Labute approximate surface area is 124 Å². The number of aromatic nitrogens is 1. The molecule has 21 heavy (non-hydrogen) atoms. The summed E-state index contributed by atoms with van der Waals surface area (Å²) in [5.74, 6) is 0.352. The predicted molar refractivity (Wildman–Crippen MR) is 80.7 cm³/mol. The second kappa shape index (κ2) is 6.22. The molecule has 1 aliphatic heterocycles. The molecule has 3 nitrogen and oxygen atoms in total.